The molecule has 1 N–H and O–H groups in total. The largest absolute Gasteiger partial charge is 0.346 e. The summed E-state index contributed by atoms with van der Waals surface area (Å²) < 4.78 is 1.69. The zero-order valence-corrected chi connectivity index (χ0v) is 9.98. The summed E-state index contributed by atoms with van der Waals surface area (Å²) in [6, 6.07) is 5.06. The van der Waals surface area contributed by atoms with E-state index >= 15 is 0 Å². The fraction of sp³-hybridized carbons (Fsp3) is 0.182. The Kier molecular flexibility index (Phi) is 3.39. The highest BCUT2D eigenvalue weighted by atomic mass is 35.5. The molecule has 1 amide bonds. The van der Waals surface area contributed by atoms with Crippen molar-refractivity contribution in [1.29, 1.82) is 0 Å². The van der Waals surface area contributed by atoms with Gasteiger partial charge in [-0.1, -0.05) is 11.6 Å². The van der Waals surface area contributed by atoms with Gasteiger partial charge in [-0.25, -0.2) is 4.98 Å². The number of pyridine rings is 1. The summed E-state index contributed by atoms with van der Waals surface area (Å²) >= 11 is 5.64. The van der Waals surface area contributed by atoms with Crippen LogP contribution in [0, 0.1) is 0 Å². The molecule has 0 aliphatic rings. The van der Waals surface area contributed by atoms with E-state index in [-0.39, 0.29) is 5.91 Å². The maximum absolute atomic E-state index is 11.7. The molecule has 2 aromatic rings. The fourth-order valence-electron chi connectivity index (χ4n) is 1.34. The second-order valence-corrected chi connectivity index (χ2v) is 3.92. The maximum atomic E-state index is 11.7. The van der Waals surface area contributed by atoms with Crippen molar-refractivity contribution < 1.29 is 4.79 Å². The smallest absolute Gasteiger partial charge is 0.253 e. The summed E-state index contributed by atoms with van der Waals surface area (Å²) in [5, 5.41) is 7.27. The molecule has 0 fully saturated rings. The zero-order valence-electron chi connectivity index (χ0n) is 9.22. The van der Waals surface area contributed by atoms with Crippen LogP contribution in [0.5, 0.6) is 0 Å². The normalized spacial score (nSPS) is 10.2. The number of carbonyl (C=O) groups excluding carboxylic acids is 1. The molecule has 2 aromatic heterocycles. The molecule has 0 spiro atoms. The quantitative estimate of drug-likeness (QED) is 0.838. The topological polar surface area (TPSA) is 59.8 Å². The molecular weight excluding hydrogens is 240 g/mol. The third-order valence-electron chi connectivity index (χ3n) is 2.19. The summed E-state index contributed by atoms with van der Waals surface area (Å²) in [5.41, 5.74) is 1.29. The Morgan fingerprint density at radius 2 is 2.29 bits per heavy atom. The van der Waals surface area contributed by atoms with E-state index in [1.165, 1.54) is 6.20 Å². The van der Waals surface area contributed by atoms with Crippen molar-refractivity contribution in [3.05, 3.63) is 47.0 Å². The first-order valence-electron chi connectivity index (χ1n) is 5.03. The molecule has 2 rings (SSSR count). The molecule has 0 saturated carbocycles. The Labute approximate surface area is 103 Å². The molecule has 0 atom stereocenters. The average Bonchev–Trinajstić information content (AvgIpc) is 2.73. The minimum absolute atomic E-state index is 0.195. The van der Waals surface area contributed by atoms with Gasteiger partial charge in [0.05, 0.1) is 17.8 Å². The molecular formula is C11H11ClN4O. The molecule has 88 valence electrons. The second kappa shape index (κ2) is 4.97. The summed E-state index contributed by atoms with van der Waals surface area (Å²) in [6.07, 6.45) is 3.27. The van der Waals surface area contributed by atoms with Gasteiger partial charge in [0.2, 0.25) is 0 Å². The molecule has 0 aromatic carbocycles. The number of aromatic nitrogens is 3. The summed E-state index contributed by atoms with van der Waals surface area (Å²) in [6.45, 7) is 0.391. The van der Waals surface area contributed by atoms with Gasteiger partial charge in [0.25, 0.3) is 5.91 Å². The number of amides is 1. The van der Waals surface area contributed by atoms with Crippen LogP contribution in [-0.4, -0.2) is 20.7 Å². The molecule has 6 heteroatoms. The van der Waals surface area contributed by atoms with Crippen LogP contribution >= 0.6 is 11.6 Å². The van der Waals surface area contributed by atoms with Crippen LogP contribution in [-0.2, 0) is 13.6 Å². The predicted molar refractivity (Wildman–Crippen MR) is 63.6 cm³/mol. The van der Waals surface area contributed by atoms with Crippen molar-refractivity contribution in [3.8, 4) is 0 Å². The number of halogens is 1. The van der Waals surface area contributed by atoms with Gasteiger partial charge < -0.3 is 5.32 Å². The highest BCUT2D eigenvalue weighted by Gasteiger charge is 2.06. The molecule has 2 heterocycles. The molecule has 0 radical (unpaired) electrons. The Bertz CT molecular complexity index is 521. The van der Waals surface area contributed by atoms with Gasteiger partial charge in [-0.15, -0.1) is 0 Å². The van der Waals surface area contributed by atoms with Crippen molar-refractivity contribution in [2.75, 3.05) is 0 Å². The zero-order chi connectivity index (χ0) is 12.3. The van der Waals surface area contributed by atoms with Crippen molar-refractivity contribution in [2.45, 2.75) is 6.54 Å². The number of nitrogens with one attached hydrogen (secondary N) is 1. The SMILES string of the molecule is Cn1ccc(CNC(=O)c2ccc(Cl)nc2)n1. The Balaban J connectivity index is 1.95. The number of hydrogen-bond donors (Lipinski definition) is 1. The lowest BCUT2D eigenvalue weighted by molar-refractivity contribution is 0.0950. The van der Waals surface area contributed by atoms with E-state index in [0.29, 0.717) is 17.3 Å². The third kappa shape index (κ3) is 3.04. The lowest BCUT2D eigenvalue weighted by Crippen LogP contribution is -2.23. The number of rotatable bonds is 3. The first-order chi connectivity index (χ1) is 8.15. The lowest BCUT2D eigenvalue weighted by atomic mass is 10.2. The van der Waals surface area contributed by atoms with Crippen molar-refractivity contribution in [1.82, 2.24) is 20.1 Å². The van der Waals surface area contributed by atoms with Crippen LogP contribution in [0.25, 0.3) is 0 Å². The van der Waals surface area contributed by atoms with Gasteiger partial charge in [-0.05, 0) is 18.2 Å². The number of aryl methyl sites for hydroxylation is 1. The summed E-state index contributed by atoms with van der Waals surface area (Å²) in [7, 11) is 1.83. The van der Waals surface area contributed by atoms with Crippen LogP contribution in [0.15, 0.2) is 30.6 Å². The van der Waals surface area contributed by atoms with Crippen LogP contribution in [0.4, 0.5) is 0 Å². The number of hydrogen-bond acceptors (Lipinski definition) is 3. The molecule has 0 aliphatic carbocycles. The van der Waals surface area contributed by atoms with Crippen molar-refractivity contribution in [2.24, 2.45) is 7.05 Å². The standard InChI is InChI=1S/C11H11ClN4O/c1-16-5-4-9(15-16)7-14-11(17)8-2-3-10(12)13-6-8/h2-6H,7H2,1H3,(H,14,17). The van der Waals surface area contributed by atoms with E-state index < -0.39 is 0 Å². The van der Waals surface area contributed by atoms with Gasteiger partial charge in [0, 0.05) is 19.4 Å². The van der Waals surface area contributed by atoms with Gasteiger partial charge >= 0.3 is 0 Å². The van der Waals surface area contributed by atoms with Gasteiger partial charge in [0.15, 0.2) is 0 Å². The monoisotopic (exact) mass is 250 g/mol. The lowest BCUT2D eigenvalue weighted by Gasteiger charge is -2.02. The minimum atomic E-state index is -0.195. The summed E-state index contributed by atoms with van der Waals surface area (Å²) in [5.74, 6) is -0.195. The van der Waals surface area contributed by atoms with Gasteiger partial charge in [0.1, 0.15) is 5.15 Å². The molecule has 17 heavy (non-hydrogen) atoms. The maximum Gasteiger partial charge on any atom is 0.253 e. The van der Waals surface area contributed by atoms with Gasteiger partial charge in [-0.3, -0.25) is 9.48 Å². The van der Waals surface area contributed by atoms with E-state index in [4.69, 9.17) is 11.6 Å². The molecule has 0 aliphatic heterocycles. The van der Waals surface area contributed by atoms with E-state index in [1.54, 1.807) is 16.8 Å². The highest BCUT2D eigenvalue weighted by Crippen LogP contribution is 2.05. The second-order valence-electron chi connectivity index (χ2n) is 3.53. The van der Waals surface area contributed by atoms with Crippen LogP contribution in [0.1, 0.15) is 16.1 Å². The van der Waals surface area contributed by atoms with Gasteiger partial charge in [-0.2, -0.15) is 5.10 Å². The fourth-order valence-corrected chi connectivity index (χ4v) is 1.45. The summed E-state index contributed by atoms with van der Waals surface area (Å²) in [4.78, 5) is 15.6. The van der Waals surface area contributed by atoms with Crippen LogP contribution in [0.2, 0.25) is 5.15 Å². The van der Waals surface area contributed by atoms with Crippen LogP contribution < -0.4 is 5.32 Å². The van der Waals surface area contributed by atoms with E-state index in [0.717, 1.165) is 5.69 Å². The number of nitrogens with zero attached hydrogens (tertiary/aromatic N) is 3. The van der Waals surface area contributed by atoms with Crippen molar-refractivity contribution >= 4 is 17.5 Å². The Morgan fingerprint density at radius 3 is 2.88 bits per heavy atom. The number of carbonyl (C=O) groups is 1. The predicted octanol–water partition coefficient (Wildman–Crippen LogP) is 1.40. The first kappa shape index (κ1) is 11.6. The molecule has 0 saturated heterocycles. The highest BCUT2D eigenvalue weighted by molar-refractivity contribution is 6.29. The Morgan fingerprint density at radius 1 is 1.47 bits per heavy atom. The molecule has 0 bridgehead atoms. The van der Waals surface area contributed by atoms with E-state index in [2.05, 4.69) is 15.4 Å². The third-order valence-corrected chi connectivity index (χ3v) is 2.41. The first-order valence-corrected chi connectivity index (χ1v) is 5.41. The molecule has 0 unspecified atom stereocenters. The molecule has 5 nitrogen and oxygen atoms in total. The van der Waals surface area contributed by atoms with Crippen molar-refractivity contribution in [3.63, 3.8) is 0 Å². The van der Waals surface area contributed by atoms with E-state index in [9.17, 15) is 4.79 Å². The average molecular weight is 251 g/mol. The Hall–Kier alpha value is -1.88. The van der Waals surface area contributed by atoms with E-state index in [1.807, 2.05) is 19.3 Å². The minimum Gasteiger partial charge on any atom is -0.346 e. The van der Waals surface area contributed by atoms with Crippen LogP contribution in [0.3, 0.4) is 0 Å².